The molecule has 0 aliphatic rings. The number of nitrogens with zero attached hydrogens (tertiary/aromatic N) is 2. The van der Waals surface area contributed by atoms with Crippen LogP contribution in [0.25, 0.3) is 11.5 Å². The van der Waals surface area contributed by atoms with Crippen molar-refractivity contribution in [3.63, 3.8) is 0 Å². The van der Waals surface area contributed by atoms with Gasteiger partial charge in [0.15, 0.2) is 5.69 Å². The number of nitrogens with one attached hydrogen (secondary N) is 2. The quantitative estimate of drug-likeness (QED) is 0.315. The minimum absolute atomic E-state index is 0.0393. The van der Waals surface area contributed by atoms with E-state index in [1.165, 1.54) is 4.90 Å². The number of rotatable bonds is 13. The van der Waals surface area contributed by atoms with Gasteiger partial charge in [0.25, 0.3) is 5.91 Å². The molecule has 1 unspecified atom stereocenters. The highest BCUT2D eigenvalue weighted by atomic mass is 16.4. The third kappa shape index (κ3) is 8.29. The second-order valence-electron chi connectivity index (χ2n) is 8.84. The third-order valence-corrected chi connectivity index (χ3v) is 5.95. The third-order valence-electron chi connectivity index (χ3n) is 5.95. The first-order valence-corrected chi connectivity index (χ1v) is 12.4. The van der Waals surface area contributed by atoms with Crippen molar-refractivity contribution in [2.45, 2.75) is 38.6 Å². The Labute approximate surface area is 221 Å². The number of amides is 3. The summed E-state index contributed by atoms with van der Waals surface area (Å²) in [5, 5.41) is 14.7. The lowest BCUT2D eigenvalue weighted by Gasteiger charge is -2.19. The van der Waals surface area contributed by atoms with E-state index in [4.69, 9.17) is 4.42 Å². The molecular formula is C28H32N4O6. The lowest BCUT2D eigenvalue weighted by molar-refractivity contribution is -0.142. The van der Waals surface area contributed by atoms with Crippen LogP contribution in [0.3, 0.4) is 0 Å². The zero-order chi connectivity index (χ0) is 27.5. The van der Waals surface area contributed by atoms with Gasteiger partial charge in [0.05, 0.1) is 0 Å². The molecule has 3 N–H and O–H groups in total. The number of hydrogen-bond acceptors (Lipinski definition) is 6. The first-order chi connectivity index (χ1) is 18.2. The van der Waals surface area contributed by atoms with E-state index in [1.807, 2.05) is 60.7 Å². The summed E-state index contributed by atoms with van der Waals surface area (Å²) in [6, 6.07) is 17.5. The van der Waals surface area contributed by atoms with Crippen LogP contribution in [0.2, 0.25) is 0 Å². The summed E-state index contributed by atoms with van der Waals surface area (Å²) in [5.74, 6) is -1.56. The molecule has 3 aromatic rings. The Hall–Kier alpha value is -4.47. The number of hydrogen-bond donors (Lipinski definition) is 3. The second kappa shape index (κ2) is 13.7. The van der Waals surface area contributed by atoms with Gasteiger partial charge in [-0.25, -0.2) is 9.78 Å². The molecule has 1 aromatic heterocycles. The fourth-order valence-electron chi connectivity index (χ4n) is 3.74. The van der Waals surface area contributed by atoms with Crippen molar-refractivity contribution >= 4 is 23.7 Å². The summed E-state index contributed by atoms with van der Waals surface area (Å²) in [5.41, 5.74) is 1.91. The van der Waals surface area contributed by atoms with Crippen molar-refractivity contribution in [2.75, 3.05) is 20.1 Å². The molecule has 0 aliphatic carbocycles. The number of carboxylic acid groups (broad SMARTS) is 1. The van der Waals surface area contributed by atoms with Crippen molar-refractivity contribution in [1.29, 1.82) is 0 Å². The second-order valence-corrected chi connectivity index (χ2v) is 8.84. The van der Waals surface area contributed by atoms with Crippen molar-refractivity contribution < 1.29 is 28.7 Å². The van der Waals surface area contributed by atoms with Crippen LogP contribution in [-0.4, -0.2) is 64.9 Å². The average molecular weight is 521 g/mol. The molecule has 0 saturated carbocycles. The Balaban J connectivity index is 1.41. The van der Waals surface area contributed by atoms with Crippen molar-refractivity contribution in [3.05, 3.63) is 77.7 Å². The maximum atomic E-state index is 12.6. The lowest BCUT2D eigenvalue weighted by atomic mass is 10.1. The first-order valence-electron chi connectivity index (χ1n) is 12.4. The maximum Gasteiger partial charge on any atom is 0.326 e. The molecule has 0 radical (unpaired) electrons. The van der Waals surface area contributed by atoms with Crippen LogP contribution in [0.5, 0.6) is 0 Å². The summed E-state index contributed by atoms with van der Waals surface area (Å²) in [6.45, 7) is 2.05. The Morgan fingerprint density at radius 3 is 2.32 bits per heavy atom. The van der Waals surface area contributed by atoms with Crippen LogP contribution in [0.1, 0.15) is 41.1 Å². The number of carbonyl (C=O) groups excluding carboxylic acids is 3. The Morgan fingerprint density at radius 1 is 1.00 bits per heavy atom. The Bertz CT molecular complexity index is 1240. The Morgan fingerprint density at radius 2 is 1.66 bits per heavy atom. The number of aliphatic carboxylic acids is 1. The molecule has 1 heterocycles. The molecule has 3 rings (SSSR count). The van der Waals surface area contributed by atoms with Gasteiger partial charge in [0, 0.05) is 38.5 Å². The van der Waals surface area contributed by atoms with Gasteiger partial charge in [0.2, 0.25) is 17.7 Å². The van der Waals surface area contributed by atoms with E-state index in [2.05, 4.69) is 15.6 Å². The lowest BCUT2D eigenvalue weighted by Crippen LogP contribution is -2.42. The van der Waals surface area contributed by atoms with Gasteiger partial charge in [-0.3, -0.25) is 14.4 Å². The van der Waals surface area contributed by atoms with Crippen LogP contribution in [0.4, 0.5) is 0 Å². The van der Waals surface area contributed by atoms with E-state index in [1.54, 1.807) is 14.0 Å². The van der Waals surface area contributed by atoms with E-state index >= 15 is 0 Å². The molecule has 0 saturated heterocycles. The predicted molar refractivity (Wildman–Crippen MR) is 140 cm³/mol. The minimum Gasteiger partial charge on any atom is -0.480 e. The zero-order valence-electron chi connectivity index (χ0n) is 21.5. The SMILES string of the molecule is Cc1oc(-c2ccccc2)nc1C(=O)NCCN(C)C(=O)CCC(NC(=O)CCc1ccccc1)C(=O)O. The standard InChI is InChI=1S/C28H32N4O6/c1-19-25(31-27(38-19)21-11-7-4-8-12-21)26(35)29-17-18-32(2)24(34)16-14-22(28(36)37)30-23(33)15-13-20-9-5-3-6-10-20/h3-12,22H,13-18H2,1-2H3,(H,29,35)(H,30,33)(H,36,37). The summed E-state index contributed by atoms with van der Waals surface area (Å²) in [6.07, 6.45) is 0.540. The summed E-state index contributed by atoms with van der Waals surface area (Å²) in [7, 11) is 1.57. The van der Waals surface area contributed by atoms with Crippen LogP contribution in [0, 0.1) is 6.92 Å². The summed E-state index contributed by atoms with van der Waals surface area (Å²) >= 11 is 0. The topological polar surface area (TPSA) is 142 Å². The van der Waals surface area contributed by atoms with Gasteiger partial charge in [-0.2, -0.15) is 0 Å². The molecular weight excluding hydrogens is 488 g/mol. The number of oxazole rings is 1. The largest absolute Gasteiger partial charge is 0.480 e. The monoisotopic (exact) mass is 520 g/mol. The number of aryl methyl sites for hydroxylation is 2. The molecule has 10 nitrogen and oxygen atoms in total. The highest BCUT2D eigenvalue weighted by molar-refractivity contribution is 5.93. The van der Waals surface area contributed by atoms with Crippen LogP contribution in [-0.2, 0) is 20.8 Å². The molecule has 0 fully saturated rings. The average Bonchev–Trinajstić information content (AvgIpc) is 3.32. The highest BCUT2D eigenvalue weighted by Gasteiger charge is 2.22. The molecule has 0 aliphatic heterocycles. The number of aromatic nitrogens is 1. The fourth-order valence-corrected chi connectivity index (χ4v) is 3.74. The van der Waals surface area contributed by atoms with E-state index in [0.717, 1.165) is 11.1 Å². The predicted octanol–water partition coefficient (Wildman–Crippen LogP) is 2.82. The fraction of sp³-hybridized carbons (Fsp3) is 0.321. The molecule has 1 atom stereocenters. The van der Waals surface area contributed by atoms with Gasteiger partial charge in [-0.1, -0.05) is 48.5 Å². The van der Waals surface area contributed by atoms with E-state index in [9.17, 15) is 24.3 Å². The number of carbonyl (C=O) groups is 4. The van der Waals surface area contributed by atoms with Gasteiger partial charge in [-0.05, 0) is 37.5 Å². The molecule has 38 heavy (non-hydrogen) atoms. The van der Waals surface area contributed by atoms with Crippen molar-refractivity contribution in [1.82, 2.24) is 20.5 Å². The summed E-state index contributed by atoms with van der Waals surface area (Å²) in [4.78, 5) is 54.6. The molecule has 10 heteroatoms. The first kappa shape index (κ1) is 28.1. The minimum atomic E-state index is -1.20. The molecule has 3 amide bonds. The normalized spacial score (nSPS) is 11.4. The van der Waals surface area contributed by atoms with Gasteiger partial charge >= 0.3 is 5.97 Å². The molecule has 200 valence electrons. The van der Waals surface area contributed by atoms with E-state index in [-0.39, 0.29) is 49.9 Å². The van der Waals surface area contributed by atoms with Crippen molar-refractivity contribution in [3.8, 4) is 11.5 Å². The van der Waals surface area contributed by atoms with E-state index < -0.39 is 17.9 Å². The summed E-state index contributed by atoms with van der Waals surface area (Å²) < 4.78 is 5.61. The number of benzene rings is 2. The van der Waals surface area contributed by atoms with Gasteiger partial charge < -0.3 is 25.1 Å². The van der Waals surface area contributed by atoms with Gasteiger partial charge in [0.1, 0.15) is 11.8 Å². The molecule has 0 bridgehead atoms. The van der Waals surface area contributed by atoms with E-state index in [0.29, 0.717) is 18.1 Å². The zero-order valence-corrected chi connectivity index (χ0v) is 21.5. The Kier molecular flexibility index (Phi) is 10.2. The number of likely N-dealkylation sites (N-methyl/N-ethyl adjacent to an activating group) is 1. The van der Waals surface area contributed by atoms with Gasteiger partial charge in [-0.15, -0.1) is 0 Å². The van der Waals surface area contributed by atoms with Crippen LogP contribution >= 0.6 is 0 Å². The smallest absolute Gasteiger partial charge is 0.326 e. The molecule has 0 spiro atoms. The highest BCUT2D eigenvalue weighted by Crippen LogP contribution is 2.21. The number of carboxylic acids is 1. The maximum absolute atomic E-state index is 12.6. The van der Waals surface area contributed by atoms with Crippen LogP contribution in [0.15, 0.2) is 65.1 Å². The van der Waals surface area contributed by atoms with Crippen molar-refractivity contribution in [2.24, 2.45) is 0 Å². The van der Waals surface area contributed by atoms with Crippen LogP contribution < -0.4 is 10.6 Å². The molecule has 2 aromatic carbocycles.